The number of Topliss-reactive ketones (excluding diaryl/α,β-unsaturated/α-hetero) is 1. The minimum Gasteiger partial charge on any atom is -0.507 e. The third-order valence-electron chi connectivity index (χ3n) is 3.90. The van der Waals surface area contributed by atoms with E-state index in [9.17, 15) is 20.1 Å². The van der Waals surface area contributed by atoms with Gasteiger partial charge in [0.25, 0.3) is 0 Å². The van der Waals surface area contributed by atoms with E-state index in [0.717, 1.165) is 0 Å². The number of methoxy groups -OCH3 is 1. The predicted molar refractivity (Wildman–Crippen MR) is 96.2 cm³/mol. The Balaban J connectivity index is 2.04. The van der Waals surface area contributed by atoms with Crippen LogP contribution in [0.3, 0.4) is 0 Å². The number of benzene rings is 2. The first-order valence-corrected chi connectivity index (χ1v) is 8.24. The highest BCUT2D eigenvalue weighted by Crippen LogP contribution is 2.34. The van der Waals surface area contributed by atoms with Gasteiger partial charge in [-0.25, -0.2) is 0 Å². The van der Waals surface area contributed by atoms with E-state index in [2.05, 4.69) is 0 Å². The van der Waals surface area contributed by atoms with Gasteiger partial charge in [-0.1, -0.05) is 0 Å². The van der Waals surface area contributed by atoms with Crippen LogP contribution in [0.4, 0.5) is 0 Å². The summed E-state index contributed by atoms with van der Waals surface area (Å²) in [7, 11) is 1.42. The molecule has 0 radical (unpaired) electrons. The Kier molecular flexibility index (Phi) is 6.68. The van der Waals surface area contributed by atoms with Crippen LogP contribution in [0, 0.1) is 0 Å². The van der Waals surface area contributed by atoms with E-state index in [1.807, 2.05) is 0 Å². The van der Waals surface area contributed by atoms with Crippen molar-refractivity contribution in [1.82, 2.24) is 0 Å². The molecule has 0 aromatic heterocycles. The van der Waals surface area contributed by atoms with Gasteiger partial charge in [0.2, 0.25) is 0 Å². The number of ether oxygens (including phenoxy) is 2. The fourth-order valence-electron chi connectivity index (χ4n) is 2.48. The van der Waals surface area contributed by atoms with Crippen molar-refractivity contribution in [1.29, 1.82) is 0 Å². The maximum Gasteiger partial charge on any atom is 0.163 e. The molecule has 0 bridgehead atoms. The molecule has 7 nitrogen and oxygen atoms in total. The topological polar surface area (TPSA) is 122 Å². The van der Waals surface area contributed by atoms with Gasteiger partial charge in [-0.15, -0.1) is 0 Å². The Morgan fingerprint density at radius 3 is 2.35 bits per heavy atom. The zero-order chi connectivity index (χ0) is 19.1. The number of carbonyl (C=O) groups is 1. The molecule has 7 heteroatoms. The Labute approximate surface area is 151 Å². The number of nitrogens with two attached hydrogens (primary N) is 1. The Morgan fingerprint density at radius 1 is 1.08 bits per heavy atom. The number of phenols is 3. The van der Waals surface area contributed by atoms with Crippen LogP contribution in [0.5, 0.6) is 28.7 Å². The average molecular weight is 361 g/mol. The largest absolute Gasteiger partial charge is 0.507 e. The first-order chi connectivity index (χ1) is 12.5. The smallest absolute Gasteiger partial charge is 0.163 e. The van der Waals surface area contributed by atoms with Gasteiger partial charge in [0.05, 0.1) is 13.7 Å². The molecule has 2 rings (SSSR count). The van der Waals surface area contributed by atoms with E-state index < -0.39 is 0 Å². The molecule has 0 spiro atoms. The summed E-state index contributed by atoms with van der Waals surface area (Å²) < 4.78 is 10.3. The zero-order valence-electron chi connectivity index (χ0n) is 14.6. The van der Waals surface area contributed by atoms with Gasteiger partial charge in [-0.05, 0) is 37.6 Å². The van der Waals surface area contributed by atoms with E-state index in [4.69, 9.17) is 15.2 Å². The number of rotatable bonds is 9. The fourth-order valence-corrected chi connectivity index (χ4v) is 2.48. The fraction of sp³-hybridized carbons (Fsp3) is 0.316. The second kappa shape index (κ2) is 8.96. The lowest BCUT2D eigenvalue weighted by Gasteiger charge is -2.11. The molecule has 0 aliphatic rings. The van der Waals surface area contributed by atoms with Gasteiger partial charge in [0.1, 0.15) is 17.2 Å². The summed E-state index contributed by atoms with van der Waals surface area (Å²) in [5, 5.41) is 29.9. The minimum atomic E-state index is -0.231. The third-order valence-corrected chi connectivity index (χ3v) is 3.90. The van der Waals surface area contributed by atoms with Crippen LogP contribution in [0.15, 0.2) is 30.3 Å². The molecule has 0 unspecified atom stereocenters. The molecule has 140 valence electrons. The van der Waals surface area contributed by atoms with Gasteiger partial charge in [0.15, 0.2) is 17.3 Å². The summed E-state index contributed by atoms with van der Waals surface area (Å²) in [4.78, 5) is 12.3. The van der Waals surface area contributed by atoms with E-state index in [0.29, 0.717) is 30.9 Å². The summed E-state index contributed by atoms with van der Waals surface area (Å²) in [5.74, 6) is -0.0185. The molecule has 0 saturated carbocycles. The number of ketones is 1. The highest BCUT2D eigenvalue weighted by molar-refractivity contribution is 5.96. The molecular formula is C19H23NO6. The summed E-state index contributed by atoms with van der Waals surface area (Å²) in [6.07, 6.45) is 0.860. The monoisotopic (exact) mass is 361 g/mol. The molecular weight excluding hydrogens is 338 g/mol. The molecule has 0 aliphatic heterocycles. The summed E-state index contributed by atoms with van der Waals surface area (Å²) in [6, 6.07) is 7.18. The minimum absolute atomic E-state index is 0.0558. The van der Waals surface area contributed by atoms with Crippen molar-refractivity contribution in [3.05, 3.63) is 41.5 Å². The molecule has 5 N–H and O–H groups in total. The first kappa shape index (κ1) is 19.4. The van der Waals surface area contributed by atoms with Crippen molar-refractivity contribution in [3.8, 4) is 28.7 Å². The molecule has 0 atom stereocenters. The number of carbonyl (C=O) groups excluding carboxylic acids is 1. The second-order valence-corrected chi connectivity index (χ2v) is 5.74. The second-order valence-electron chi connectivity index (χ2n) is 5.74. The van der Waals surface area contributed by atoms with Crippen LogP contribution >= 0.6 is 0 Å². The van der Waals surface area contributed by atoms with Crippen LogP contribution in [0.25, 0.3) is 0 Å². The third kappa shape index (κ3) is 4.80. The summed E-state index contributed by atoms with van der Waals surface area (Å²) in [5.41, 5.74) is 5.97. The van der Waals surface area contributed by atoms with Gasteiger partial charge in [0, 0.05) is 29.7 Å². The van der Waals surface area contributed by atoms with Crippen molar-refractivity contribution < 1.29 is 29.6 Å². The Morgan fingerprint density at radius 2 is 1.77 bits per heavy atom. The number of hydrogen-bond acceptors (Lipinski definition) is 7. The number of phenolic OH excluding ortho intramolecular Hbond substituents is 3. The summed E-state index contributed by atoms with van der Waals surface area (Å²) >= 11 is 0. The molecule has 0 aliphatic carbocycles. The van der Waals surface area contributed by atoms with E-state index in [-0.39, 0.29) is 47.2 Å². The number of hydrogen-bond donors (Lipinski definition) is 4. The average Bonchev–Trinajstić information content (AvgIpc) is 2.61. The van der Waals surface area contributed by atoms with Crippen LogP contribution < -0.4 is 15.2 Å². The van der Waals surface area contributed by atoms with Crippen molar-refractivity contribution in [2.45, 2.75) is 19.3 Å². The van der Waals surface area contributed by atoms with Gasteiger partial charge in [-0.2, -0.15) is 0 Å². The van der Waals surface area contributed by atoms with E-state index >= 15 is 0 Å². The van der Waals surface area contributed by atoms with Crippen molar-refractivity contribution in [3.63, 3.8) is 0 Å². The Hall–Kier alpha value is -2.93. The standard InChI is InChI=1S/C19H23NO6/c1-25-19-6-3-12(9-18(19)24)15(21)5-4-14-16(22)10-13(11-17(14)23)26-8-2-7-20/h3,6,9-11,22-24H,2,4-5,7-8,20H2,1H3. The van der Waals surface area contributed by atoms with Crippen molar-refractivity contribution >= 4 is 5.78 Å². The van der Waals surface area contributed by atoms with E-state index in [1.165, 1.54) is 31.4 Å². The SMILES string of the molecule is COc1ccc(C(=O)CCc2c(O)cc(OCCCN)cc2O)cc1O. The zero-order valence-corrected chi connectivity index (χ0v) is 14.6. The lowest BCUT2D eigenvalue weighted by atomic mass is 10.0. The molecule has 26 heavy (non-hydrogen) atoms. The van der Waals surface area contributed by atoms with Gasteiger partial charge < -0.3 is 30.5 Å². The first-order valence-electron chi connectivity index (χ1n) is 8.24. The predicted octanol–water partition coefficient (Wildman–Crippen LogP) is 2.36. The molecule has 2 aromatic rings. The quantitative estimate of drug-likeness (QED) is 0.399. The highest BCUT2D eigenvalue weighted by atomic mass is 16.5. The molecule has 0 saturated heterocycles. The van der Waals surface area contributed by atoms with Gasteiger partial charge >= 0.3 is 0 Å². The van der Waals surface area contributed by atoms with Crippen molar-refractivity contribution in [2.75, 3.05) is 20.3 Å². The molecule has 0 amide bonds. The molecule has 2 aromatic carbocycles. The maximum atomic E-state index is 12.3. The normalized spacial score (nSPS) is 10.5. The number of aromatic hydroxyl groups is 3. The maximum absolute atomic E-state index is 12.3. The lowest BCUT2D eigenvalue weighted by Crippen LogP contribution is -2.06. The van der Waals surface area contributed by atoms with Crippen LogP contribution in [0.1, 0.15) is 28.8 Å². The van der Waals surface area contributed by atoms with E-state index in [1.54, 1.807) is 6.07 Å². The summed E-state index contributed by atoms with van der Waals surface area (Å²) in [6.45, 7) is 0.868. The molecule has 0 fully saturated rings. The van der Waals surface area contributed by atoms with Crippen molar-refractivity contribution in [2.24, 2.45) is 5.73 Å². The lowest BCUT2D eigenvalue weighted by molar-refractivity contribution is 0.0982. The molecule has 0 heterocycles. The van der Waals surface area contributed by atoms with Crippen LogP contribution in [0.2, 0.25) is 0 Å². The highest BCUT2D eigenvalue weighted by Gasteiger charge is 2.15. The van der Waals surface area contributed by atoms with Gasteiger partial charge in [-0.3, -0.25) is 4.79 Å². The Bertz CT molecular complexity index is 752. The van der Waals surface area contributed by atoms with Crippen LogP contribution in [-0.4, -0.2) is 41.4 Å². The van der Waals surface area contributed by atoms with Crippen LogP contribution in [-0.2, 0) is 6.42 Å².